The van der Waals surface area contributed by atoms with Crippen LogP contribution in [0.3, 0.4) is 0 Å². The van der Waals surface area contributed by atoms with Crippen LogP contribution in [0.4, 0.5) is 5.69 Å². The van der Waals surface area contributed by atoms with Crippen molar-refractivity contribution in [2.45, 2.75) is 99.3 Å². The van der Waals surface area contributed by atoms with E-state index in [1.807, 2.05) is 0 Å². The Morgan fingerprint density at radius 2 is 1.32 bits per heavy atom. The molecular formula is C45H54N4O14. The summed E-state index contributed by atoms with van der Waals surface area (Å²) in [6, 6.07) is 13.4. The Labute approximate surface area is 364 Å². The molecule has 338 valence electrons. The maximum Gasteiger partial charge on any atom is 0.347 e. The van der Waals surface area contributed by atoms with Gasteiger partial charge in [0, 0.05) is 35.7 Å². The SMILES string of the molecule is CCN(CC)CCNC(=O)c1c(C)[nH]c(/C=C2\C(=O)Nc3ccc(OC(=O)CCC(=O)O[C@@H](C)C(=O)O[C@@H](C)C(=O)O[C@@H](C)C(=O)O[C@@H](C)C(=O)OCc4ccccc4)cc32)c1C. The first-order chi connectivity index (χ1) is 29.9. The number of carbonyl (C=O) groups is 8. The van der Waals surface area contributed by atoms with Crippen LogP contribution in [-0.4, -0.2) is 108 Å². The topological polar surface area (TPSA) is 235 Å². The van der Waals surface area contributed by atoms with E-state index in [1.54, 1.807) is 56.3 Å². The van der Waals surface area contributed by atoms with E-state index in [0.29, 0.717) is 46.9 Å². The zero-order valence-corrected chi connectivity index (χ0v) is 36.6. The van der Waals surface area contributed by atoms with Crippen LogP contribution in [0.5, 0.6) is 5.75 Å². The van der Waals surface area contributed by atoms with Crippen molar-refractivity contribution in [2.24, 2.45) is 0 Å². The fourth-order valence-electron chi connectivity index (χ4n) is 6.22. The molecule has 4 atom stereocenters. The molecule has 3 aromatic rings. The number of esters is 6. The van der Waals surface area contributed by atoms with Gasteiger partial charge in [-0.05, 0) is 90.0 Å². The molecule has 0 bridgehead atoms. The second-order valence-corrected chi connectivity index (χ2v) is 14.6. The Balaban J connectivity index is 1.22. The van der Waals surface area contributed by atoms with Gasteiger partial charge in [-0.25, -0.2) is 19.2 Å². The zero-order valence-electron chi connectivity index (χ0n) is 36.6. The summed E-state index contributed by atoms with van der Waals surface area (Å²) < 4.78 is 30.7. The van der Waals surface area contributed by atoms with E-state index < -0.39 is 79.0 Å². The molecule has 1 aliphatic heterocycles. The Hall–Kier alpha value is -6.82. The lowest BCUT2D eigenvalue weighted by Crippen LogP contribution is -2.37. The van der Waals surface area contributed by atoms with Gasteiger partial charge in [-0.3, -0.25) is 19.2 Å². The van der Waals surface area contributed by atoms with Crippen LogP contribution in [0, 0.1) is 13.8 Å². The maximum atomic E-state index is 13.1. The molecule has 0 unspecified atom stereocenters. The predicted molar refractivity (Wildman–Crippen MR) is 227 cm³/mol. The lowest BCUT2D eigenvalue weighted by molar-refractivity contribution is -0.185. The number of nitrogens with zero attached hydrogens (tertiary/aromatic N) is 1. The van der Waals surface area contributed by atoms with Crippen molar-refractivity contribution >= 4 is 65.0 Å². The van der Waals surface area contributed by atoms with Crippen molar-refractivity contribution in [2.75, 3.05) is 31.5 Å². The fraction of sp³-hybridized carbons (Fsp3) is 0.422. The third-order valence-corrected chi connectivity index (χ3v) is 9.88. The van der Waals surface area contributed by atoms with Crippen LogP contribution < -0.4 is 15.4 Å². The van der Waals surface area contributed by atoms with Crippen LogP contribution in [0.2, 0.25) is 0 Å². The minimum Gasteiger partial charge on any atom is -0.458 e. The van der Waals surface area contributed by atoms with E-state index in [0.717, 1.165) is 18.7 Å². The maximum absolute atomic E-state index is 13.1. The number of rotatable bonds is 21. The standard InChI is InChI=1S/C45H54N4O14/c1-9-49(10-2)21-20-46-41(53)39-25(3)36(47-26(39)4)23-34-33-22-32(16-17-35(33)48-40(34)52)63-38(51)19-18-37(50)59-28(6)43(55)61-30(8)45(57)62-29(7)44(56)60-27(5)42(54)58-24-31-14-12-11-13-15-31/h11-17,22-23,27-30,47H,9-10,18-21,24H2,1-8H3,(H,46,53)(H,48,52)/b34-23-/t27-,28-,29-,30-/m0/s1. The van der Waals surface area contributed by atoms with Crippen LogP contribution >= 0.6 is 0 Å². The molecule has 0 radical (unpaired) electrons. The van der Waals surface area contributed by atoms with Gasteiger partial charge in [0.25, 0.3) is 11.8 Å². The van der Waals surface area contributed by atoms with Gasteiger partial charge in [0.15, 0.2) is 24.4 Å². The van der Waals surface area contributed by atoms with Crippen molar-refractivity contribution in [3.63, 3.8) is 0 Å². The van der Waals surface area contributed by atoms with Gasteiger partial charge >= 0.3 is 35.8 Å². The highest BCUT2D eigenvalue weighted by molar-refractivity contribution is 6.35. The fourth-order valence-corrected chi connectivity index (χ4v) is 6.22. The molecule has 0 fully saturated rings. The largest absolute Gasteiger partial charge is 0.458 e. The number of H-pyrrole nitrogens is 1. The summed E-state index contributed by atoms with van der Waals surface area (Å²) in [5, 5.41) is 5.74. The third-order valence-electron chi connectivity index (χ3n) is 9.88. The summed E-state index contributed by atoms with van der Waals surface area (Å²) in [5.74, 6) is -6.37. The number of ether oxygens (including phenoxy) is 6. The minimum absolute atomic E-state index is 0.0342. The van der Waals surface area contributed by atoms with Crippen molar-refractivity contribution in [1.82, 2.24) is 15.2 Å². The van der Waals surface area contributed by atoms with Gasteiger partial charge in [0.2, 0.25) is 0 Å². The number of fused-ring (bicyclic) bond motifs is 1. The number of likely N-dealkylation sites (N-methyl/N-ethyl adjacent to an activating group) is 1. The smallest absolute Gasteiger partial charge is 0.347 e. The molecule has 2 heterocycles. The highest BCUT2D eigenvalue weighted by Gasteiger charge is 2.31. The van der Waals surface area contributed by atoms with Gasteiger partial charge in [0.1, 0.15) is 12.4 Å². The summed E-state index contributed by atoms with van der Waals surface area (Å²) in [5.41, 5.74) is 4.28. The Morgan fingerprint density at radius 3 is 1.92 bits per heavy atom. The summed E-state index contributed by atoms with van der Waals surface area (Å²) in [4.78, 5) is 107. The van der Waals surface area contributed by atoms with E-state index in [2.05, 4.69) is 34.4 Å². The summed E-state index contributed by atoms with van der Waals surface area (Å²) in [6.45, 7) is 15.5. The van der Waals surface area contributed by atoms with Gasteiger partial charge in [0.05, 0.1) is 24.0 Å². The average molecular weight is 875 g/mol. The number of aryl methyl sites for hydroxylation is 1. The quantitative estimate of drug-likeness (QED) is 0.0584. The van der Waals surface area contributed by atoms with E-state index >= 15 is 0 Å². The molecule has 0 saturated carbocycles. The number of carbonyl (C=O) groups excluding carboxylic acids is 8. The number of hydrogen-bond acceptors (Lipinski definition) is 15. The highest BCUT2D eigenvalue weighted by Crippen LogP contribution is 2.36. The van der Waals surface area contributed by atoms with E-state index in [1.165, 1.54) is 39.8 Å². The molecule has 1 aliphatic rings. The normalized spacial score (nSPS) is 14.4. The second-order valence-electron chi connectivity index (χ2n) is 14.6. The molecular weight excluding hydrogens is 821 g/mol. The van der Waals surface area contributed by atoms with Gasteiger partial charge in [-0.15, -0.1) is 0 Å². The monoisotopic (exact) mass is 874 g/mol. The first kappa shape index (κ1) is 48.8. The molecule has 4 rings (SSSR count). The molecule has 2 amide bonds. The van der Waals surface area contributed by atoms with Crippen LogP contribution in [0.1, 0.15) is 92.8 Å². The first-order valence-electron chi connectivity index (χ1n) is 20.5. The van der Waals surface area contributed by atoms with E-state index in [9.17, 15) is 38.4 Å². The summed E-state index contributed by atoms with van der Waals surface area (Å²) in [7, 11) is 0. The Bertz CT molecular complexity index is 2210. The molecule has 1 aromatic heterocycles. The van der Waals surface area contributed by atoms with Gasteiger partial charge in [-0.2, -0.15) is 0 Å². The molecule has 0 spiro atoms. The zero-order chi connectivity index (χ0) is 46.4. The molecule has 2 aromatic carbocycles. The molecule has 18 nitrogen and oxygen atoms in total. The molecule has 0 aliphatic carbocycles. The first-order valence-corrected chi connectivity index (χ1v) is 20.5. The van der Waals surface area contributed by atoms with E-state index in [-0.39, 0.29) is 23.8 Å². The average Bonchev–Trinajstić information content (AvgIpc) is 3.72. The lowest BCUT2D eigenvalue weighted by Gasteiger charge is -2.19. The van der Waals surface area contributed by atoms with Crippen molar-refractivity contribution in [3.05, 3.63) is 82.2 Å². The van der Waals surface area contributed by atoms with Crippen LogP contribution in [0.25, 0.3) is 11.6 Å². The molecule has 63 heavy (non-hydrogen) atoms. The number of benzene rings is 2. The Morgan fingerprint density at radius 1 is 0.746 bits per heavy atom. The lowest BCUT2D eigenvalue weighted by atomic mass is 10.0. The van der Waals surface area contributed by atoms with Crippen molar-refractivity contribution < 1.29 is 66.8 Å². The van der Waals surface area contributed by atoms with Gasteiger partial charge < -0.3 is 48.9 Å². The number of amides is 2. The highest BCUT2D eigenvalue weighted by atomic mass is 16.6. The predicted octanol–water partition coefficient (Wildman–Crippen LogP) is 4.35. The molecule has 3 N–H and O–H groups in total. The van der Waals surface area contributed by atoms with E-state index in [4.69, 9.17) is 28.4 Å². The minimum atomic E-state index is -1.53. The molecule has 18 heteroatoms. The third kappa shape index (κ3) is 13.8. The summed E-state index contributed by atoms with van der Waals surface area (Å²) in [6.07, 6.45) is -5.08. The van der Waals surface area contributed by atoms with Gasteiger partial charge in [-0.1, -0.05) is 44.2 Å². The number of aromatic amines is 1. The van der Waals surface area contributed by atoms with Crippen LogP contribution in [0.15, 0.2) is 48.5 Å². The number of nitrogens with one attached hydrogen (secondary N) is 3. The summed E-state index contributed by atoms with van der Waals surface area (Å²) >= 11 is 0. The number of hydrogen-bond donors (Lipinski definition) is 3. The van der Waals surface area contributed by atoms with Crippen molar-refractivity contribution in [3.8, 4) is 5.75 Å². The number of anilines is 1. The molecule has 0 saturated heterocycles. The Kier molecular flexibility index (Phi) is 17.7. The van der Waals surface area contributed by atoms with Crippen molar-refractivity contribution in [1.29, 1.82) is 0 Å². The number of aromatic nitrogens is 1. The van der Waals surface area contributed by atoms with Crippen LogP contribution in [-0.2, 0) is 63.9 Å². The second kappa shape index (κ2) is 22.9.